The van der Waals surface area contributed by atoms with E-state index < -0.39 is 16.9 Å². The topological polar surface area (TPSA) is 93.1 Å². The van der Waals surface area contributed by atoms with E-state index >= 15 is 0 Å². The molecule has 6 heteroatoms. The zero-order chi connectivity index (χ0) is 24.4. The molecular weight excluding hydrogens is 384 g/mol. The number of carbonyl (C=O) groups is 2. The van der Waals surface area contributed by atoms with Gasteiger partial charge in [-0.2, -0.15) is 0 Å². The highest BCUT2D eigenvalue weighted by Crippen LogP contribution is 2.29. The van der Waals surface area contributed by atoms with Crippen LogP contribution in [0.15, 0.2) is 0 Å². The van der Waals surface area contributed by atoms with Crippen LogP contribution in [-0.4, -0.2) is 47.6 Å². The maximum Gasteiger partial charge on any atom is 0.308 e. The Bertz CT molecular complexity index is 504. The molecule has 0 aromatic heterocycles. The molecule has 0 saturated heterocycles. The Morgan fingerprint density at radius 3 is 1.50 bits per heavy atom. The van der Waals surface area contributed by atoms with Crippen LogP contribution >= 0.6 is 0 Å². The predicted octanol–water partition coefficient (Wildman–Crippen LogP) is 4.46. The molecule has 2 N–H and O–H groups in total. The monoisotopic (exact) mass is 432 g/mol. The van der Waals surface area contributed by atoms with Crippen LogP contribution in [0.2, 0.25) is 0 Å². The maximum absolute atomic E-state index is 11.5. The molecule has 6 nitrogen and oxygen atoms in total. The van der Waals surface area contributed by atoms with Crippen LogP contribution in [0, 0.1) is 34.5 Å². The molecule has 0 aromatic carbocycles. The number of aliphatic hydroxyl groups is 2. The van der Waals surface area contributed by atoms with E-state index in [4.69, 9.17) is 9.47 Å². The van der Waals surface area contributed by atoms with E-state index in [-0.39, 0.29) is 54.9 Å². The molecule has 0 spiro atoms. The van der Waals surface area contributed by atoms with E-state index in [0.29, 0.717) is 0 Å². The number of carbonyl (C=O) groups excluding carboxylic acids is 2. The van der Waals surface area contributed by atoms with E-state index in [9.17, 15) is 19.8 Å². The quantitative estimate of drug-likeness (QED) is 0.495. The highest BCUT2D eigenvalue weighted by molar-refractivity contribution is 5.72. The Hall–Kier alpha value is -1.14. The Morgan fingerprint density at radius 2 is 1.20 bits per heavy atom. The van der Waals surface area contributed by atoms with Gasteiger partial charge in [0.15, 0.2) is 0 Å². The molecule has 2 unspecified atom stereocenters. The third kappa shape index (κ3) is 11.3. The summed E-state index contributed by atoms with van der Waals surface area (Å²) in [4.78, 5) is 22.8. The van der Waals surface area contributed by atoms with Gasteiger partial charge in [0.25, 0.3) is 0 Å². The summed E-state index contributed by atoms with van der Waals surface area (Å²) in [5.41, 5.74) is -0.780. The van der Waals surface area contributed by atoms with Gasteiger partial charge in [-0.1, -0.05) is 83.1 Å². The van der Waals surface area contributed by atoms with Crippen LogP contribution in [0.4, 0.5) is 0 Å². The zero-order valence-electron chi connectivity index (χ0n) is 21.4. The first kappa shape index (κ1) is 31.0. The number of aliphatic hydroxyl groups excluding tert-OH is 2. The van der Waals surface area contributed by atoms with Gasteiger partial charge in [-0.15, -0.1) is 0 Å². The highest BCUT2D eigenvalue weighted by atomic mass is 16.5. The van der Waals surface area contributed by atoms with Crippen molar-refractivity contribution in [2.75, 3.05) is 13.2 Å². The van der Waals surface area contributed by atoms with Gasteiger partial charge in [-0.25, -0.2) is 0 Å². The van der Waals surface area contributed by atoms with Crippen LogP contribution in [0.1, 0.15) is 83.1 Å². The molecule has 0 amide bonds. The van der Waals surface area contributed by atoms with Gasteiger partial charge in [0.05, 0.1) is 31.2 Å². The molecule has 0 aliphatic rings. The summed E-state index contributed by atoms with van der Waals surface area (Å²) in [6.07, 6.45) is -0.699. The lowest BCUT2D eigenvalue weighted by molar-refractivity contribution is -0.164. The van der Waals surface area contributed by atoms with Crippen LogP contribution in [0.3, 0.4) is 0 Å². The molecule has 0 rings (SSSR count). The van der Waals surface area contributed by atoms with Crippen LogP contribution in [0.5, 0.6) is 0 Å². The van der Waals surface area contributed by atoms with Crippen molar-refractivity contribution in [3.63, 3.8) is 0 Å². The smallest absolute Gasteiger partial charge is 0.308 e. The van der Waals surface area contributed by atoms with E-state index in [1.807, 2.05) is 69.2 Å². The summed E-state index contributed by atoms with van der Waals surface area (Å²) < 4.78 is 10.6. The summed E-state index contributed by atoms with van der Waals surface area (Å²) in [5, 5.41) is 19.2. The number of ether oxygens (including phenoxy) is 2. The minimum absolute atomic E-state index is 0.0151. The Labute approximate surface area is 184 Å². The molecule has 0 fully saturated rings. The second kappa shape index (κ2) is 13.3. The van der Waals surface area contributed by atoms with Gasteiger partial charge in [-0.05, 0) is 11.8 Å². The summed E-state index contributed by atoms with van der Waals surface area (Å²) in [6, 6.07) is 0. The molecule has 30 heavy (non-hydrogen) atoms. The maximum atomic E-state index is 11.5. The van der Waals surface area contributed by atoms with Gasteiger partial charge in [0.1, 0.15) is 6.10 Å². The van der Waals surface area contributed by atoms with Crippen molar-refractivity contribution in [1.82, 2.24) is 0 Å². The first-order valence-corrected chi connectivity index (χ1v) is 11.1. The molecule has 0 bridgehead atoms. The molecule has 2 atom stereocenters. The van der Waals surface area contributed by atoms with Crippen molar-refractivity contribution in [2.24, 2.45) is 34.5 Å². The summed E-state index contributed by atoms with van der Waals surface area (Å²) in [7, 11) is 0. The minimum Gasteiger partial charge on any atom is -0.465 e. The molecule has 180 valence electrons. The van der Waals surface area contributed by atoms with Gasteiger partial charge in [0.2, 0.25) is 0 Å². The average molecular weight is 433 g/mol. The highest BCUT2D eigenvalue weighted by Gasteiger charge is 2.35. The number of hydrogen-bond acceptors (Lipinski definition) is 6. The van der Waals surface area contributed by atoms with Crippen molar-refractivity contribution in [3.05, 3.63) is 0 Å². The van der Waals surface area contributed by atoms with E-state index in [2.05, 4.69) is 0 Å². The first-order chi connectivity index (χ1) is 13.4. The van der Waals surface area contributed by atoms with Crippen molar-refractivity contribution in [3.8, 4) is 0 Å². The fraction of sp³-hybridized carbons (Fsp3) is 0.917. The molecule has 0 aliphatic carbocycles. The number of rotatable bonds is 10. The Balaban J connectivity index is 0. The van der Waals surface area contributed by atoms with Gasteiger partial charge in [-0.3, -0.25) is 9.59 Å². The van der Waals surface area contributed by atoms with Crippen molar-refractivity contribution < 1.29 is 29.3 Å². The third-order valence-electron chi connectivity index (χ3n) is 4.99. The van der Waals surface area contributed by atoms with Crippen molar-refractivity contribution in [2.45, 2.75) is 95.3 Å². The van der Waals surface area contributed by atoms with E-state index in [0.717, 1.165) is 0 Å². The summed E-state index contributed by atoms with van der Waals surface area (Å²) >= 11 is 0. The van der Waals surface area contributed by atoms with Crippen LogP contribution in [0.25, 0.3) is 0 Å². The molecule has 0 aliphatic heterocycles. The normalized spacial score (nSPS) is 14.5. The molecule has 0 radical (unpaired) electrons. The minimum atomic E-state index is -0.461. The lowest BCUT2D eigenvalue weighted by Crippen LogP contribution is -2.41. The second-order valence-corrected chi connectivity index (χ2v) is 10.8. The predicted molar refractivity (Wildman–Crippen MR) is 121 cm³/mol. The van der Waals surface area contributed by atoms with Gasteiger partial charge in [0, 0.05) is 10.8 Å². The summed E-state index contributed by atoms with van der Waals surface area (Å²) in [5.74, 6) is -0.278. The number of esters is 2. The first-order valence-electron chi connectivity index (χ1n) is 11.1. The SMILES string of the molecule is CC(C)C(=O)OC(C(C)C)C(C)(C)CO.CC(C)C(=O)OCC(C)(C)C(O)C(C)C. The Kier molecular flexibility index (Phi) is 13.8. The second-order valence-electron chi connectivity index (χ2n) is 10.8. The van der Waals surface area contributed by atoms with Crippen LogP contribution < -0.4 is 0 Å². The van der Waals surface area contributed by atoms with Gasteiger partial charge < -0.3 is 19.7 Å². The zero-order valence-corrected chi connectivity index (χ0v) is 21.4. The Morgan fingerprint density at radius 1 is 0.767 bits per heavy atom. The van der Waals surface area contributed by atoms with Crippen molar-refractivity contribution in [1.29, 1.82) is 0 Å². The van der Waals surface area contributed by atoms with E-state index in [1.165, 1.54) is 0 Å². The fourth-order valence-corrected chi connectivity index (χ4v) is 2.96. The standard InChI is InChI=1S/2C12H24O3/c1-8(2)10(13)12(5,6)7-15-11(14)9(3)4;1-8(2)10(12(5,6)7-13)15-11(14)9(3)4/h2*8-10,13H,7H2,1-6H3. The van der Waals surface area contributed by atoms with Crippen molar-refractivity contribution >= 4 is 11.9 Å². The van der Waals surface area contributed by atoms with E-state index in [1.54, 1.807) is 13.8 Å². The molecule has 0 saturated carbocycles. The third-order valence-corrected chi connectivity index (χ3v) is 4.99. The molecule has 0 aromatic rings. The largest absolute Gasteiger partial charge is 0.465 e. The molecule has 0 heterocycles. The lowest BCUT2D eigenvalue weighted by Gasteiger charge is -2.35. The molecular formula is C24H48O6. The van der Waals surface area contributed by atoms with Crippen LogP contribution in [-0.2, 0) is 19.1 Å². The number of hydrogen-bond donors (Lipinski definition) is 2. The fourth-order valence-electron chi connectivity index (χ4n) is 2.96. The average Bonchev–Trinajstić information content (AvgIpc) is 2.62. The summed E-state index contributed by atoms with van der Waals surface area (Å²) in [6.45, 7) is 23.0. The lowest BCUT2D eigenvalue weighted by atomic mass is 9.81. The van der Waals surface area contributed by atoms with Gasteiger partial charge >= 0.3 is 11.9 Å².